The predicted octanol–water partition coefficient (Wildman–Crippen LogP) is 4.88. The minimum atomic E-state index is -0.288. The molecule has 3 rings (SSSR count). The van der Waals surface area contributed by atoms with E-state index >= 15 is 0 Å². The van der Waals surface area contributed by atoms with E-state index in [9.17, 15) is 4.79 Å². The summed E-state index contributed by atoms with van der Waals surface area (Å²) in [5.74, 6) is 1.19. The van der Waals surface area contributed by atoms with Crippen LogP contribution in [0.15, 0.2) is 77.3 Å². The molecule has 0 fully saturated rings. The van der Waals surface area contributed by atoms with Crippen molar-refractivity contribution >= 4 is 39.2 Å². The van der Waals surface area contributed by atoms with Gasteiger partial charge in [0.25, 0.3) is 5.91 Å². The van der Waals surface area contributed by atoms with Crippen LogP contribution in [0.2, 0.25) is 0 Å². The second-order valence-corrected chi connectivity index (χ2v) is 7.98. The van der Waals surface area contributed by atoms with Crippen molar-refractivity contribution in [3.8, 4) is 11.5 Å². The first kappa shape index (κ1) is 22.8. The summed E-state index contributed by atoms with van der Waals surface area (Å²) in [6.45, 7) is 1.05. The first-order valence-electron chi connectivity index (χ1n) is 9.73. The SMILES string of the molecule is COc1ccc(CNC(=S)NC(=O)c2ccc(OCCc3ccccc3)c(Br)c2)cc1. The van der Waals surface area contributed by atoms with Gasteiger partial charge in [-0.3, -0.25) is 10.1 Å². The quantitative estimate of drug-likeness (QED) is 0.433. The zero-order chi connectivity index (χ0) is 22.1. The third-order valence-electron chi connectivity index (χ3n) is 4.52. The van der Waals surface area contributed by atoms with Crippen LogP contribution in [0.25, 0.3) is 0 Å². The van der Waals surface area contributed by atoms with Crippen LogP contribution in [-0.2, 0) is 13.0 Å². The second-order valence-electron chi connectivity index (χ2n) is 6.71. The molecule has 31 heavy (non-hydrogen) atoms. The Morgan fingerprint density at radius 1 is 1.00 bits per heavy atom. The zero-order valence-corrected chi connectivity index (χ0v) is 19.5. The van der Waals surface area contributed by atoms with Crippen molar-refractivity contribution < 1.29 is 14.3 Å². The van der Waals surface area contributed by atoms with E-state index in [1.165, 1.54) is 5.56 Å². The Balaban J connectivity index is 1.47. The number of rotatable bonds is 8. The highest BCUT2D eigenvalue weighted by atomic mass is 79.9. The minimum absolute atomic E-state index is 0.264. The van der Waals surface area contributed by atoms with Gasteiger partial charge in [0, 0.05) is 18.5 Å². The van der Waals surface area contributed by atoms with Crippen molar-refractivity contribution in [3.63, 3.8) is 0 Å². The molecule has 160 valence electrons. The van der Waals surface area contributed by atoms with Gasteiger partial charge in [-0.05, 0) is 69.6 Å². The van der Waals surface area contributed by atoms with E-state index in [1.54, 1.807) is 25.3 Å². The molecular formula is C24H23BrN2O3S. The highest BCUT2D eigenvalue weighted by Crippen LogP contribution is 2.26. The fourth-order valence-electron chi connectivity index (χ4n) is 2.83. The van der Waals surface area contributed by atoms with Crippen LogP contribution in [-0.4, -0.2) is 24.7 Å². The Bertz CT molecular complexity index is 1030. The first-order valence-corrected chi connectivity index (χ1v) is 10.9. The maximum absolute atomic E-state index is 12.5. The summed E-state index contributed by atoms with van der Waals surface area (Å²) in [4.78, 5) is 12.5. The molecule has 0 bridgehead atoms. The summed E-state index contributed by atoms with van der Waals surface area (Å²) >= 11 is 8.71. The maximum atomic E-state index is 12.5. The number of carbonyl (C=O) groups is 1. The van der Waals surface area contributed by atoms with Crippen molar-refractivity contribution in [3.05, 3.63) is 94.0 Å². The number of methoxy groups -OCH3 is 1. The second kappa shape index (κ2) is 11.5. The van der Waals surface area contributed by atoms with Crippen LogP contribution >= 0.6 is 28.1 Å². The molecule has 7 heteroatoms. The van der Waals surface area contributed by atoms with E-state index in [1.807, 2.05) is 42.5 Å². The maximum Gasteiger partial charge on any atom is 0.257 e. The van der Waals surface area contributed by atoms with Crippen LogP contribution < -0.4 is 20.1 Å². The largest absolute Gasteiger partial charge is 0.497 e. The third-order valence-corrected chi connectivity index (χ3v) is 5.39. The summed E-state index contributed by atoms with van der Waals surface area (Å²) in [5, 5.41) is 5.99. The standard InChI is InChI=1S/C24H23BrN2O3S/c1-29-20-10-7-18(8-11-20)16-26-24(31)27-23(28)19-9-12-22(21(25)15-19)30-14-13-17-5-3-2-4-6-17/h2-12,15H,13-14,16H2,1H3,(H2,26,27,28,31). The highest BCUT2D eigenvalue weighted by molar-refractivity contribution is 9.10. The van der Waals surface area contributed by atoms with Gasteiger partial charge in [-0.1, -0.05) is 42.5 Å². The number of thiocarbonyl (C=S) groups is 1. The number of hydrogen-bond donors (Lipinski definition) is 2. The molecular weight excluding hydrogens is 476 g/mol. The smallest absolute Gasteiger partial charge is 0.257 e. The van der Waals surface area contributed by atoms with Gasteiger partial charge in [0.1, 0.15) is 11.5 Å². The van der Waals surface area contributed by atoms with Crippen LogP contribution in [0, 0.1) is 0 Å². The van der Waals surface area contributed by atoms with Crippen molar-refractivity contribution in [2.45, 2.75) is 13.0 Å². The van der Waals surface area contributed by atoms with E-state index in [0.29, 0.717) is 28.9 Å². The zero-order valence-electron chi connectivity index (χ0n) is 17.1. The molecule has 0 saturated heterocycles. The Kier molecular flexibility index (Phi) is 8.44. The number of halogens is 1. The molecule has 0 atom stereocenters. The number of benzene rings is 3. The molecule has 0 aliphatic rings. The average molecular weight is 499 g/mol. The molecule has 0 heterocycles. The highest BCUT2D eigenvalue weighted by Gasteiger charge is 2.11. The summed E-state index contributed by atoms with van der Waals surface area (Å²) in [7, 11) is 1.62. The monoisotopic (exact) mass is 498 g/mol. The van der Waals surface area contributed by atoms with E-state index < -0.39 is 0 Å². The number of ether oxygens (including phenoxy) is 2. The summed E-state index contributed by atoms with van der Waals surface area (Å²) < 4.78 is 11.7. The molecule has 0 saturated carbocycles. The summed E-state index contributed by atoms with van der Waals surface area (Å²) in [5.41, 5.74) is 2.72. The van der Waals surface area contributed by atoms with Crippen molar-refractivity contribution in [2.24, 2.45) is 0 Å². The molecule has 0 spiro atoms. The summed E-state index contributed by atoms with van der Waals surface area (Å²) in [6.07, 6.45) is 0.809. The van der Waals surface area contributed by atoms with Gasteiger partial charge in [-0.15, -0.1) is 0 Å². The molecule has 0 aromatic heterocycles. The molecule has 0 radical (unpaired) electrons. The molecule has 0 aliphatic carbocycles. The van der Waals surface area contributed by atoms with Gasteiger partial charge >= 0.3 is 0 Å². The van der Waals surface area contributed by atoms with E-state index in [-0.39, 0.29) is 11.0 Å². The number of hydrogen-bond acceptors (Lipinski definition) is 4. The Hall–Kier alpha value is -2.90. The number of nitrogens with one attached hydrogen (secondary N) is 2. The Labute approximate surface area is 195 Å². The molecule has 5 nitrogen and oxygen atoms in total. The van der Waals surface area contributed by atoms with Crippen molar-refractivity contribution in [1.29, 1.82) is 0 Å². The lowest BCUT2D eigenvalue weighted by Gasteiger charge is -2.12. The molecule has 0 unspecified atom stereocenters. The molecule has 1 amide bonds. The van der Waals surface area contributed by atoms with E-state index in [4.69, 9.17) is 21.7 Å². The molecule has 3 aromatic carbocycles. The van der Waals surface area contributed by atoms with Gasteiger partial charge in [0.05, 0.1) is 18.2 Å². The molecule has 2 N–H and O–H groups in total. The average Bonchev–Trinajstić information content (AvgIpc) is 2.79. The van der Waals surface area contributed by atoms with Crippen LogP contribution in [0.5, 0.6) is 11.5 Å². The van der Waals surface area contributed by atoms with Crippen LogP contribution in [0.3, 0.4) is 0 Å². The fraction of sp³-hybridized carbons (Fsp3) is 0.167. The van der Waals surface area contributed by atoms with Gasteiger partial charge in [0.15, 0.2) is 5.11 Å². The fourth-order valence-corrected chi connectivity index (χ4v) is 3.49. The van der Waals surface area contributed by atoms with Crippen LogP contribution in [0.1, 0.15) is 21.5 Å². The lowest BCUT2D eigenvalue weighted by Crippen LogP contribution is -2.38. The normalized spacial score (nSPS) is 10.3. The van der Waals surface area contributed by atoms with Crippen LogP contribution in [0.4, 0.5) is 0 Å². The van der Waals surface area contributed by atoms with Gasteiger partial charge in [-0.2, -0.15) is 0 Å². The third kappa shape index (κ3) is 7.08. The number of amides is 1. The van der Waals surface area contributed by atoms with E-state index in [2.05, 4.69) is 38.7 Å². The van der Waals surface area contributed by atoms with Gasteiger partial charge in [0.2, 0.25) is 0 Å². The Morgan fingerprint density at radius 2 is 1.74 bits per heavy atom. The molecule has 3 aromatic rings. The number of carbonyl (C=O) groups excluding carboxylic acids is 1. The lowest BCUT2D eigenvalue weighted by atomic mass is 10.2. The molecule has 0 aliphatic heterocycles. The van der Waals surface area contributed by atoms with Crippen molar-refractivity contribution in [1.82, 2.24) is 10.6 Å². The minimum Gasteiger partial charge on any atom is -0.497 e. The Morgan fingerprint density at radius 3 is 2.42 bits per heavy atom. The lowest BCUT2D eigenvalue weighted by molar-refractivity contribution is 0.0976. The van der Waals surface area contributed by atoms with E-state index in [0.717, 1.165) is 17.7 Å². The topological polar surface area (TPSA) is 59.6 Å². The first-order chi connectivity index (χ1) is 15.0. The summed E-state index contributed by atoms with van der Waals surface area (Å²) in [6, 6.07) is 23.0. The van der Waals surface area contributed by atoms with Gasteiger partial charge < -0.3 is 14.8 Å². The van der Waals surface area contributed by atoms with Gasteiger partial charge in [-0.25, -0.2) is 0 Å². The predicted molar refractivity (Wildman–Crippen MR) is 130 cm³/mol. The van der Waals surface area contributed by atoms with Crippen molar-refractivity contribution in [2.75, 3.05) is 13.7 Å².